The van der Waals surface area contributed by atoms with Crippen LogP contribution in [0.5, 0.6) is 0 Å². The van der Waals surface area contributed by atoms with E-state index in [0.717, 1.165) is 16.2 Å². The molecule has 0 amide bonds. The van der Waals surface area contributed by atoms with Crippen LogP contribution in [0, 0.1) is 7.05 Å². The lowest BCUT2D eigenvalue weighted by Gasteiger charge is -2.32. The van der Waals surface area contributed by atoms with Gasteiger partial charge in [-0.1, -0.05) is 41.9 Å². The van der Waals surface area contributed by atoms with Crippen molar-refractivity contribution in [2.75, 3.05) is 20.6 Å². The van der Waals surface area contributed by atoms with E-state index in [1.807, 2.05) is 39.2 Å². The molecule has 0 atom stereocenters. The number of nitrogens with one attached hydrogen (secondary N) is 1. The average molecular weight is 239 g/mol. The Hall–Kier alpha value is -0.830. The molecule has 0 saturated heterocycles. The fourth-order valence-corrected chi connectivity index (χ4v) is 1.43. The predicted octanol–water partition coefficient (Wildman–Crippen LogP) is 3.03. The first kappa shape index (κ1) is 13.2. The molecule has 1 N–H and O–H groups in total. The Balaban J connectivity index is 2.74. The number of quaternary nitrogens is 1. The van der Waals surface area contributed by atoms with Crippen molar-refractivity contribution in [2.45, 2.75) is 6.92 Å². The van der Waals surface area contributed by atoms with Crippen molar-refractivity contribution in [3.8, 4) is 0 Å². The zero-order valence-corrected chi connectivity index (χ0v) is 10.9. The van der Waals surface area contributed by atoms with Gasteiger partial charge in [0.2, 0.25) is 0 Å². The topological polar surface area (TPSA) is 12.0 Å². The van der Waals surface area contributed by atoms with Gasteiger partial charge in [0.15, 0.2) is 0 Å². The van der Waals surface area contributed by atoms with Crippen LogP contribution in [-0.4, -0.2) is 25.2 Å². The van der Waals surface area contributed by atoms with Gasteiger partial charge in [0, 0.05) is 5.03 Å². The molecule has 0 aliphatic heterocycles. The largest absolute Gasteiger partial charge is 0.381 e. The molecule has 0 unspecified atom stereocenters. The van der Waals surface area contributed by atoms with E-state index < -0.39 is 0 Å². The fraction of sp³-hybridized carbons (Fsp3) is 0.308. The van der Waals surface area contributed by atoms with Crippen molar-refractivity contribution in [1.82, 2.24) is 5.43 Å². The minimum Gasteiger partial charge on any atom is -0.381 e. The Morgan fingerprint density at radius 3 is 2.38 bits per heavy atom. The number of rotatable bonds is 4. The van der Waals surface area contributed by atoms with Crippen LogP contribution >= 0.6 is 11.6 Å². The van der Waals surface area contributed by atoms with E-state index in [4.69, 9.17) is 11.6 Å². The second-order valence-corrected chi connectivity index (χ2v) is 4.87. The molecule has 1 rings (SSSR count). The maximum Gasteiger partial charge on any atom is 0.0780 e. The summed E-state index contributed by atoms with van der Waals surface area (Å²) >= 11 is 6.25. The lowest BCUT2D eigenvalue weighted by Crippen LogP contribution is -2.46. The van der Waals surface area contributed by atoms with E-state index in [1.165, 1.54) is 0 Å². The Labute approximate surface area is 103 Å². The third-order valence-electron chi connectivity index (χ3n) is 2.28. The van der Waals surface area contributed by atoms with Gasteiger partial charge >= 0.3 is 0 Å². The number of allylic oxidation sites excluding steroid dienone is 1. The normalized spacial score (nSPS) is 13.6. The van der Waals surface area contributed by atoms with Crippen molar-refractivity contribution < 1.29 is 4.59 Å². The van der Waals surface area contributed by atoms with E-state index in [0.29, 0.717) is 11.1 Å². The monoisotopic (exact) mass is 238 g/mol. The predicted molar refractivity (Wildman–Crippen MR) is 70.4 cm³/mol. The van der Waals surface area contributed by atoms with Crippen molar-refractivity contribution in [3.63, 3.8) is 0 Å². The van der Waals surface area contributed by atoms with Gasteiger partial charge in [0.25, 0.3) is 0 Å². The highest BCUT2D eigenvalue weighted by molar-refractivity contribution is 6.32. The first-order valence-electron chi connectivity index (χ1n) is 5.24. The molecule has 0 aliphatic rings. The van der Waals surface area contributed by atoms with E-state index >= 15 is 0 Å². The Bertz CT molecular complexity index is 363. The smallest absolute Gasteiger partial charge is 0.0780 e. The highest BCUT2D eigenvalue weighted by Gasteiger charge is 2.05. The van der Waals surface area contributed by atoms with Gasteiger partial charge in [-0.3, -0.25) is 0 Å². The number of benzene rings is 1. The molecule has 0 heterocycles. The Kier molecular flexibility index (Phi) is 4.54. The molecule has 16 heavy (non-hydrogen) atoms. The van der Waals surface area contributed by atoms with Gasteiger partial charge < -0.3 is 4.59 Å². The molecule has 1 aromatic carbocycles. The molecule has 0 saturated carbocycles. The maximum absolute atomic E-state index is 6.25. The third-order valence-corrected chi connectivity index (χ3v) is 2.69. The summed E-state index contributed by atoms with van der Waals surface area (Å²) in [5.74, 6) is 0. The maximum atomic E-state index is 6.25. The highest BCUT2D eigenvalue weighted by Crippen LogP contribution is 2.20. The van der Waals surface area contributed by atoms with Crippen molar-refractivity contribution in [3.05, 3.63) is 48.0 Å². The van der Waals surface area contributed by atoms with Crippen LogP contribution in [0.25, 0.3) is 5.57 Å². The lowest BCUT2D eigenvalue weighted by molar-refractivity contribution is -0.890. The summed E-state index contributed by atoms with van der Waals surface area (Å²) in [5, 5.41) is 0.820. The number of hydrogen-bond donors (Lipinski definition) is 1. The zero-order chi connectivity index (χ0) is 12.2. The van der Waals surface area contributed by atoms with Crippen LogP contribution in [0.1, 0.15) is 12.5 Å². The zero-order valence-electron chi connectivity index (χ0n) is 10.1. The van der Waals surface area contributed by atoms with Gasteiger partial charge in [-0.15, -0.1) is 7.05 Å². The van der Waals surface area contributed by atoms with E-state index in [9.17, 15) is 0 Å². The standard InChI is InChI=1S/C13H19ClN2/c1-11(12-8-6-5-7-9-12)13(14)10-15-16(2,3)4/h5-9,15H,2,10H2,1,3-4H3. The molecule has 88 valence electrons. The summed E-state index contributed by atoms with van der Waals surface area (Å²) in [6.07, 6.45) is 0. The average Bonchev–Trinajstić information content (AvgIpc) is 2.25. The van der Waals surface area contributed by atoms with Crippen LogP contribution in [0.15, 0.2) is 35.4 Å². The lowest BCUT2D eigenvalue weighted by atomic mass is 10.1. The minimum absolute atomic E-state index is 0.443. The first-order valence-corrected chi connectivity index (χ1v) is 5.62. The number of nitrogens with zero attached hydrogens (tertiary/aromatic N) is 1. The van der Waals surface area contributed by atoms with Gasteiger partial charge in [-0.2, -0.15) is 5.43 Å². The summed E-state index contributed by atoms with van der Waals surface area (Å²) in [4.78, 5) is 0. The number of halogens is 1. The van der Waals surface area contributed by atoms with Gasteiger partial charge in [-0.25, -0.2) is 0 Å². The van der Waals surface area contributed by atoms with E-state index in [1.54, 1.807) is 0 Å². The Morgan fingerprint density at radius 2 is 1.88 bits per heavy atom. The summed E-state index contributed by atoms with van der Waals surface area (Å²) < 4.78 is 0.443. The SMILES string of the molecule is [CH2-][N+](C)(C)NCC(Cl)=C(C)c1ccccc1. The van der Waals surface area contributed by atoms with Gasteiger partial charge in [0.1, 0.15) is 0 Å². The van der Waals surface area contributed by atoms with Crippen LogP contribution in [-0.2, 0) is 0 Å². The third kappa shape index (κ3) is 4.35. The number of hydrogen-bond acceptors (Lipinski definition) is 1. The molecule has 1 aromatic rings. The van der Waals surface area contributed by atoms with Crippen molar-refractivity contribution in [2.24, 2.45) is 0 Å². The summed E-state index contributed by atoms with van der Waals surface area (Å²) in [6, 6.07) is 10.1. The molecule has 0 bridgehead atoms. The molecule has 2 nitrogen and oxygen atoms in total. The minimum atomic E-state index is 0.443. The molecule has 3 heteroatoms. The molecule has 0 aromatic heterocycles. The summed E-state index contributed by atoms with van der Waals surface area (Å²) in [7, 11) is 7.84. The molecule has 0 spiro atoms. The van der Waals surface area contributed by atoms with Crippen molar-refractivity contribution in [1.29, 1.82) is 0 Å². The second kappa shape index (κ2) is 5.48. The van der Waals surface area contributed by atoms with Crippen LogP contribution in [0.3, 0.4) is 0 Å². The van der Waals surface area contributed by atoms with Crippen LogP contribution < -0.4 is 5.43 Å². The summed E-state index contributed by atoms with van der Waals surface area (Å²) in [6.45, 7) is 2.65. The molecule has 0 aliphatic carbocycles. The van der Waals surface area contributed by atoms with Gasteiger partial charge in [0.05, 0.1) is 20.6 Å². The first-order chi connectivity index (χ1) is 7.40. The molecular formula is C13H19ClN2. The van der Waals surface area contributed by atoms with Crippen molar-refractivity contribution >= 4 is 17.2 Å². The molecule has 0 fully saturated rings. The van der Waals surface area contributed by atoms with Crippen LogP contribution in [0.2, 0.25) is 0 Å². The second-order valence-electron chi connectivity index (χ2n) is 4.42. The van der Waals surface area contributed by atoms with Crippen LogP contribution in [0.4, 0.5) is 0 Å². The van der Waals surface area contributed by atoms with E-state index in [2.05, 4.69) is 24.6 Å². The van der Waals surface area contributed by atoms with Gasteiger partial charge in [-0.05, 0) is 18.1 Å². The quantitative estimate of drug-likeness (QED) is 0.483. The molecule has 0 radical (unpaired) electrons. The molecular weight excluding hydrogens is 220 g/mol. The fourth-order valence-electron chi connectivity index (χ4n) is 1.26. The summed E-state index contributed by atoms with van der Waals surface area (Å²) in [5.41, 5.74) is 5.47. The highest BCUT2D eigenvalue weighted by atomic mass is 35.5. The van der Waals surface area contributed by atoms with E-state index in [-0.39, 0.29) is 0 Å². The Morgan fingerprint density at radius 1 is 1.31 bits per heavy atom.